The first-order valence-electron chi connectivity index (χ1n) is 6.20. The Morgan fingerprint density at radius 3 is 2.00 bits per heavy atom. The Kier molecular flexibility index (Phi) is 4.13. The van der Waals surface area contributed by atoms with Crippen molar-refractivity contribution >= 4 is 17.1 Å². The summed E-state index contributed by atoms with van der Waals surface area (Å²) in [6.07, 6.45) is 0. The number of anilines is 3. The zero-order valence-corrected chi connectivity index (χ0v) is 11.0. The van der Waals surface area contributed by atoms with Crippen LogP contribution in [0.3, 0.4) is 0 Å². The SMILES string of the molecule is CN(CCOc1ccc(N)cc1)c1ccc(N)cc1. The predicted octanol–water partition coefficient (Wildman–Crippen LogP) is 2.37. The van der Waals surface area contributed by atoms with E-state index in [0.29, 0.717) is 6.61 Å². The van der Waals surface area contributed by atoms with Crippen LogP contribution in [0.25, 0.3) is 0 Å². The van der Waals surface area contributed by atoms with Crippen LogP contribution in [-0.4, -0.2) is 20.2 Å². The molecule has 2 aromatic rings. The smallest absolute Gasteiger partial charge is 0.119 e. The fraction of sp³-hybridized carbons (Fsp3) is 0.200. The second kappa shape index (κ2) is 6.00. The molecule has 2 rings (SSSR count). The fourth-order valence-corrected chi connectivity index (χ4v) is 1.72. The highest BCUT2D eigenvalue weighted by Crippen LogP contribution is 2.15. The summed E-state index contributed by atoms with van der Waals surface area (Å²) < 4.78 is 5.65. The molecule has 4 nitrogen and oxygen atoms in total. The van der Waals surface area contributed by atoms with Gasteiger partial charge in [-0.3, -0.25) is 0 Å². The van der Waals surface area contributed by atoms with Gasteiger partial charge in [0.1, 0.15) is 12.4 Å². The van der Waals surface area contributed by atoms with Crippen molar-refractivity contribution in [3.05, 3.63) is 48.5 Å². The zero-order valence-electron chi connectivity index (χ0n) is 11.0. The van der Waals surface area contributed by atoms with Crippen LogP contribution in [0.1, 0.15) is 0 Å². The van der Waals surface area contributed by atoms with Crippen molar-refractivity contribution in [2.45, 2.75) is 0 Å². The number of nitrogen functional groups attached to an aromatic ring is 2. The van der Waals surface area contributed by atoms with Gasteiger partial charge in [-0.2, -0.15) is 0 Å². The topological polar surface area (TPSA) is 64.5 Å². The molecule has 0 heterocycles. The van der Waals surface area contributed by atoms with Crippen molar-refractivity contribution in [2.75, 3.05) is 36.6 Å². The lowest BCUT2D eigenvalue weighted by atomic mass is 10.2. The number of rotatable bonds is 5. The van der Waals surface area contributed by atoms with E-state index in [9.17, 15) is 0 Å². The van der Waals surface area contributed by atoms with E-state index < -0.39 is 0 Å². The molecule has 4 N–H and O–H groups in total. The Hall–Kier alpha value is -2.36. The Morgan fingerprint density at radius 1 is 0.895 bits per heavy atom. The van der Waals surface area contributed by atoms with Gasteiger partial charge in [0.25, 0.3) is 0 Å². The number of hydrogen-bond acceptors (Lipinski definition) is 4. The first-order valence-corrected chi connectivity index (χ1v) is 6.20. The molecule has 0 fully saturated rings. The minimum Gasteiger partial charge on any atom is -0.492 e. The van der Waals surface area contributed by atoms with Crippen molar-refractivity contribution in [2.24, 2.45) is 0 Å². The van der Waals surface area contributed by atoms with E-state index in [1.54, 1.807) is 0 Å². The van der Waals surface area contributed by atoms with Crippen molar-refractivity contribution in [3.8, 4) is 5.75 Å². The maximum atomic E-state index is 5.66. The third kappa shape index (κ3) is 3.81. The summed E-state index contributed by atoms with van der Waals surface area (Å²) in [4.78, 5) is 2.12. The molecule has 0 saturated heterocycles. The van der Waals surface area contributed by atoms with Crippen LogP contribution in [-0.2, 0) is 0 Å². The molecule has 0 saturated carbocycles. The minimum absolute atomic E-state index is 0.616. The Balaban J connectivity index is 1.82. The van der Waals surface area contributed by atoms with E-state index in [1.807, 2.05) is 55.6 Å². The number of nitrogens with zero attached hydrogens (tertiary/aromatic N) is 1. The predicted molar refractivity (Wildman–Crippen MR) is 80.5 cm³/mol. The average molecular weight is 257 g/mol. The average Bonchev–Trinajstić information content (AvgIpc) is 2.41. The van der Waals surface area contributed by atoms with Crippen LogP contribution < -0.4 is 21.1 Å². The summed E-state index contributed by atoms with van der Waals surface area (Å²) in [6.45, 7) is 1.42. The van der Waals surface area contributed by atoms with E-state index in [4.69, 9.17) is 16.2 Å². The van der Waals surface area contributed by atoms with Crippen LogP contribution in [0.2, 0.25) is 0 Å². The van der Waals surface area contributed by atoms with E-state index in [-0.39, 0.29) is 0 Å². The molecule has 0 aliphatic heterocycles. The van der Waals surface area contributed by atoms with Gasteiger partial charge in [0, 0.05) is 24.1 Å². The first kappa shape index (κ1) is 13.1. The molecule has 0 amide bonds. The van der Waals surface area contributed by atoms with E-state index in [0.717, 1.165) is 29.4 Å². The Labute approximate surface area is 113 Å². The Morgan fingerprint density at radius 2 is 1.42 bits per heavy atom. The van der Waals surface area contributed by atoms with Crippen molar-refractivity contribution in [1.29, 1.82) is 0 Å². The summed E-state index contributed by atoms with van der Waals surface area (Å²) in [6, 6.07) is 15.2. The second-order valence-corrected chi connectivity index (χ2v) is 4.43. The maximum Gasteiger partial charge on any atom is 0.119 e. The standard InChI is InChI=1S/C15H19N3O/c1-18(14-6-2-12(16)3-7-14)10-11-19-15-8-4-13(17)5-9-15/h2-9H,10-11,16-17H2,1H3. The Bertz CT molecular complexity index is 508. The van der Waals surface area contributed by atoms with Gasteiger partial charge in [0.2, 0.25) is 0 Å². The van der Waals surface area contributed by atoms with Crippen LogP contribution in [0, 0.1) is 0 Å². The molecule has 0 spiro atoms. The molecule has 0 aliphatic carbocycles. The van der Waals surface area contributed by atoms with Crippen molar-refractivity contribution in [1.82, 2.24) is 0 Å². The van der Waals surface area contributed by atoms with E-state index in [1.165, 1.54) is 0 Å². The van der Waals surface area contributed by atoms with Gasteiger partial charge in [0.05, 0.1) is 6.54 Å². The summed E-state index contributed by atoms with van der Waals surface area (Å²) in [5.41, 5.74) is 13.9. The maximum absolute atomic E-state index is 5.66. The molecular weight excluding hydrogens is 238 g/mol. The van der Waals surface area contributed by atoms with Gasteiger partial charge in [-0.1, -0.05) is 0 Å². The summed E-state index contributed by atoms with van der Waals surface area (Å²) in [7, 11) is 2.03. The van der Waals surface area contributed by atoms with Gasteiger partial charge in [-0.25, -0.2) is 0 Å². The lowest BCUT2D eigenvalue weighted by molar-refractivity contribution is 0.326. The van der Waals surface area contributed by atoms with Gasteiger partial charge < -0.3 is 21.1 Å². The number of benzene rings is 2. The molecule has 4 heteroatoms. The molecule has 0 unspecified atom stereocenters. The molecule has 0 aromatic heterocycles. The molecule has 19 heavy (non-hydrogen) atoms. The lowest BCUT2D eigenvalue weighted by Gasteiger charge is -2.19. The van der Waals surface area contributed by atoms with E-state index in [2.05, 4.69) is 4.90 Å². The molecule has 0 radical (unpaired) electrons. The highest BCUT2D eigenvalue weighted by atomic mass is 16.5. The molecule has 0 bridgehead atoms. The number of hydrogen-bond donors (Lipinski definition) is 2. The van der Waals surface area contributed by atoms with Crippen LogP contribution in [0.4, 0.5) is 17.1 Å². The van der Waals surface area contributed by atoms with E-state index >= 15 is 0 Å². The van der Waals surface area contributed by atoms with Crippen LogP contribution in [0.5, 0.6) is 5.75 Å². The number of likely N-dealkylation sites (N-methyl/N-ethyl adjacent to an activating group) is 1. The van der Waals surface area contributed by atoms with Crippen LogP contribution in [0.15, 0.2) is 48.5 Å². The second-order valence-electron chi connectivity index (χ2n) is 4.43. The summed E-state index contributed by atoms with van der Waals surface area (Å²) in [5.74, 6) is 0.833. The lowest BCUT2D eigenvalue weighted by Crippen LogP contribution is -2.23. The molecule has 0 atom stereocenters. The van der Waals surface area contributed by atoms with Gasteiger partial charge >= 0.3 is 0 Å². The summed E-state index contributed by atoms with van der Waals surface area (Å²) in [5, 5.41) is 0. The third-order valence-electron chi connectivity index (χ3n) is 2.91. The first-order chi connectivity index (χ1) is 9.15. The summed E-state index contributed by atoms with van der Waals surface area (Å²) >= 11 is 0. The minimum atomic E-state index is 0.616. The normalized spacial score (nSPS) is 10.2. The molecular formula is C15H19N3O. The number of ether oxygens (including phenoxy) is 1. The van der Waals surface area contributed by atoms with Crippen LogP contribution >= 0.6 is 0 Å². The molecule has 0 aliphatic rings. The number of nitrogens with two attached hydrogens (primary N) is 2. The quantitative estimate of drug-likeness (QED) is 0.807. The monoisotopic (exact) mass is 257 g/mol. The highest BCUT2D eigenvalue weighted by molar-refractivity contribution is 5.52. The highest BCUT2D eigenvalue weighted by Gasteiger charge is 2.01. The zero-order chi connectivity index (χ0) is 13.7. The van der Waals surface area contributed by atoms with Gasteiger partial charge in [0.15, 0.2) is 0 Å². The fourth-order valence-electron chi connectivity index (χ4n) is 1.72. The largest absolute Gasteiger partial charge is 0.492 e. The third-order valence-corrected chi connectivity index (χ3v) is 2.91. The molecule has 2 aromatic carbocycles. The van der Waals surface area contributed by atoms with Gasteiger partial charge in [-0.15, -0.1) is 0 Å². The van der Waals surface area contributed by atoms with Crippen molar-refractivity contribution < 1.29 is 4.74 Å². The molecule has 100 valence electrons. The van der Waals surface area contributed by atoms with Gasteiger partial charge in [-0.05, 0) is 48.5 Å². The van der Waals surface area contributed by atoms with Crippen molar-refractivity contribution in [3.63, 3.8) is 0 Å².